The fourth-order valence-corrected chi connectivity index (χ4v) is 3.46. The molecule has 1 aromatic carbocycles. The highest BCUT2D eigenvalue weighted by Gasteiger charge is 2.57. The van der Waals surface area contributed by atoms with Gasteiger partial charge < -0.3 is 10.2 Å². The lowest BCUT2D eigenvalue weighted by atomic mass is 10.00. The summed E-state index contributed by atoms with van der Waals surface area (Å²) in [5.41, 5.74) is 2.34. The summed E-state index contributed by atoms with van der Waals surface area (Å²) >= 11 is 0. The quantitative estimate of drug-likeness (QED) is 0.683. The number of carbonyl (C=O) groups excluding carboxylic acids is 2. The third-order valence-electron chi connectivity index (χ3n) is 5.11. The number of anilines is 1. The molecule has 4 nitrogen and oxygen atoms in total. The van der Waals surface area contributed by atoms with Crippen LogP contribution in [0.4, 0.5) is 5.69 Å². The number of nitrogens with one attached hydrogen (secondary N) is 1. The van der Waals surface area contributed by atoms with Crippen molar-refractivity contribution >= 4 is 17.5 Å². The summed E-state index contributed by atoms with van der Waals surface area (Å²) in [6, 6.07) is 6.14. The van der Waals surface area contributed by atoms with Crippen LogP contribution in [-0.2, 0) is 22.4 Å². The van der Waals surface area contributed by atoms with Crippen molar-refractivity contribution in [3.05, 3.63) is 29.3 Å². The number of hydrogen-bond donors (Lipinski definition) is 1. The topological polar surface area (TPSA) is 49.4 Å². The van der Waals surface area contributed by atoms with Crippen LogP contribution in [0.25, 0.3) is 0 Å². The molecule has 1 N–H and O–H groups in total. The number of nitrogens with zero attached hydrogens (tertiary/aromatic N) is 1. The van der Waals surface area contributed by atoms with Gasteiger partial charge in [0.2, 0.25) is 11.8 Å². The average Bonchev–Trinajstić information content (AvgIpc) is 3.43. The zero-order chi connectivity index (χ0) is 18.4. The number of benzene rings is 1. The van der Waals surface area contributed by atoms with E-state index in [1.54, 1.807) is 0 Å². The van der Waals surface area contributed by atoms with E-state index >= 15 is 0 Å². The summed E-state index contributed by atoms with van der Waals surface area (Å²) in [4.78, 5) is 27.9. The van der Waals surface area contributed by atoms with Gasteiger partial charge in [-0.3, -0.25) is 9.59 Å². The van der Waals surface area contributed by atoms with Crippen LogP contribution in [0.1, 0.15) is 64.5 Å². The molecule has 2 rings (SSSR count). The van der Waals surface area contributed by atoms with Gasteiger partial charge in [-0.2, -0.15) is 0 Å². The molecule has 138 valence electrons. The largest absolute Gasteiger partial charge is 0.342 e. The van der Waals surface area contributed by atoms with E-state index in [4.69, 9.17) is 0 Å². The Kier molecular flexibility index (Phi) is 6.63. The summed E-state index contributed by atoms with van der Waals surface area (Å²) in [7, 11) is 0. The van der Waals surface area contributed by atoms with Crippen molar-refractivity contribution in [2.75, 3.05) is 18.4 Å². The van der Waals surface area contributed by atoms with Crippen molar-refractivity contribution in [2.45, 2.75) is 66.2 Å². The second-order valence-corrected chi connectivity index (χ2v) is 6.99. The summed E-state index contributed by atoms with van der Waals surface area (Å²) in [5, 5.41) is 3.12. The third kappa shape index (κ3) is 4.05. The fraction of sp³-hybridized carbons (Fsp3) is 0.619. The minimum Gasteiger partial charge on any atom is -0.342 e. The zero-order valence-electron chi connectivity index (χ0n) is 16.2. The second kappa shape index (κ2) is 8.50. The van der Waals surface area contributed by atoms with Crippen LogP contribution in [0.15, 0.2) is 18.2 Å². The van der Waals surface area contributed by atoms with Gasteiger partial charge in [0.1, 0.15) is 5.41 Å². The minimum atomic E-state index is -0.837. The van der Waals surface area contributed by atoms with E-state index in [-0.39, 0.29) is 11.8 Å². The molecule has 2 amide bonds. The Morgan fingerprint density at radius 1 is 1.00 bits per heavy atom. The second-order valence-electron chi connectivity index (χ2n) is 6.99. The molecule has 1 fully saturated rings. The highest BCUT2D eigenvalue weighted by molar-refractivity contribution is 6.13. The molecule has 0 unspecified atom stereocenters. The van der Waals surface area contributed by atoms with Crippen molar-refractivity contribution in [1.29, 1.82) is 0 Å². The van der Waals surface area contributed by atoms with Crippen molar-refractivity contribution in [2.24, 2.45) is 5.41 Å². The number of para-hydroxylation sites is 1. The van der Waals surface area contributed by atoms with Crippen LogP contribution in [-0.4, -0.2) is 29.8 Å². The van der Waals surface area contributed by atoms with Crippen LogP contribution in [0.3, 0.4) is 0 Å². The lowest BCUT2D eigenvalue weighted by molar-refractivity contribution is -0.142. The van der Waals surface area contributed by atoms with Gasteiger partial charge in [-0.1, -0.05) is 45.9 Å². The first-order chi connectivity index (χ1) is 12.0. The standard InChI is InChI=1S/C21H32N2O2/c1-5-14-23(15-6-2)20(25)21(12-13-21)19(24)22-18-16(7-3)10-9-11-17(18)8-4/h9-11H,5-8,12-15H2,1-4H3,(H,22,24). The van der Waals surface area contributed by atoms with Crippen LogP contribution in [0.2, 0.25) is 0 Å². The Morgan fingerprint density at radius 2 is 1.52 bits per heavy atom. The number of aryl methyl sites for hydroxylation is 2. The monoisotopic (exact) mass is 344 g/mol. The summed E-state index contributed by atoms with van der Waals surface area (Å²) in [6.07, 6.45) is 4.89. The number of amides is 2. The first-order valence-corrected chi connectivity index (χ1v) is 9.75. The molecule has 1 aliphatic carbocycles. The Labute approximate surface area is 152 Å². The van der Waals surface area contributed by atoms with Gasteiger partial charge in [0.25, 0.3) is 0 Å². The van der Waals surface area contributed by atoms with E-state index in [2.05, 4.69) is 45.1 Å². The normalized spacial score (nSPS) is 14.9. The summed E-state index contributed by atoms with van der Waals surface area (Å²) < 4.78 is 0. The molecule has 0 heterocycles. The number of rotatable bonds is 9. The molecule has 1 aliphatic rings. The highest BCUT2D eigenvalue weighted by Crippen LogP contribution is 2.48. The van der Waals surface area contributed by atoms with Crippen LogP contribution >= 0.6 is 0 Å². The minimum absolute atomic E-state index is 0.0146. The van der Waals surface area contributed by atoms with Gasteiger partial charge in [0, 0.05) is 18.8 Å². The molecule has 0 aliphatic heterocycles. The first-order valence-electron chi connectivity index (χ1n) is 9.75. The molecule has 4 heteroatoms. The van der Waals surface area contributed by atoms with Gasteiger partial charge >= 0.3 is 0 Å². The fourth-order valence-electron chi connectivity index (χ4n) is 3.46. The van der Waals surface area contributed by atoms with E-state index in [1.807, 2.05) is 11.0 Å². The predicted molar refractivity (Wildman–Crippen MR) is 103 cm³/mol. The van der Waals surface area contributed by atoms with Gasteiger partial charge in [0.15, 0.2) is 0 Å². The molecule has 0 aromatic heterocycles. The molecule has 1 saturated carbocycles. The predicted octanol–water partition coefficient (Wildman–Crippen LogP) is 4.18. The molecule has 25 heavy (non-hydrogen) atoms. The molecular weight excluding hydrogens is 312 g/mol. The lowest BCUT2D eigenvalue weighted by Crippen LogP contribution is -2.43. The van der Waals surface area contributed by atoms with Crippen LogP contribution < -0.4 is 5.32 Å². The Morgan fingerprint density at radius 3 is 1.92 bits per heavy atom. The van der Waals surface area contributed by atoms with Gasteiger partial charge in [-0.05, 0) is 49.7 Å². The molecular formula is C21H32N2O2. The molecule has 0 saturated heterocycles. The molecule has 1 aromatic rings. The van der Waals surface area contributed by atoms with Gasteiger partial charge in [0.05, 0.1) is 0 Å². The number of hydrogen-bond acceptors (Lipinski definition) is 2. The van der Waals surface area contributed by atoms with E-state index in [9.17, 15) is 9.59 Å². The smallest absolute Gasteiger partial charge is 0.240 e. The van der Waals surface area contributed by atoms with Crippen LogP contribution in [0.5, 0.6) is 0 Å². The summed E-state index contributed by atoms with van der Waals surface area (Å²) in [6.45, 7) is 9.78. The van der Waals surface area contributed by atoms with Crippen molar-refractivity contribution in [3.8, 4) is 0 Å². The Hall–Kier alpha value is -1.84. The average molecular weight is 344 g/mol. The molecule has 0 radical (unpaired) electrons. The van der Waals surface area contributed by atoms with Crippen molar-refractivity contribution < 1.29 is 9.59 Å². The van der Waals surface area contributed by atoms with Crippen LogP contribution in [0, 0.1) is 5.41 Å². The van der Waals surface area contributed by atoms with Gasteiger partial charge in [-0.15, -0.1) is 0 Å². The lowest BCUT2D eigenvalue weighted by Gasteiger charge is -2.27. The number of carbonyl (C=O) groups is 2. The first kappa shape index (κ1) is 19.5. The van der Waals surface area contributed by atoms with Crippen molar-refractivity contribution in [1.82, 2.24) is 4.90 Å². The van der Waals surface area contributed by atoms with E-state index < -0.39 is 5.41 Å². The van der Waals surface area contributed by atoms with Gasteiger partial charge in [-0.25, -0.2) is 0 Å². The maximum Gasteiger partial charge on any atom is 0.240 e. The molecule has 0 atom stereocenters. The van der Waals surface area contributed by atoms with E-state index in [0.717, 1.165) is 55.6 Å². The molecule has 0 spiro atoms. The zero-order valence-corrected chi connectivity index (χ0v) is 16.2. The van der Waals surface area contributed by atoms with E-state index in [0.29, 0.717) is 12.8 Å². The Balaban J connectivity index is 2.22. The molecule has 0 bridgehead atoms. The third-order valence-corrected chi connectivity index (χ3v) is 5.11. The van der Waals surface area contributed by atoms with Crippen molar-refractivity contribution in [3.63, 3.8) is 0 Å². The van der Waals surface area contributed by atoms with E-state index in [1.165, 1.54) is 0 Å². The SMILES string of the molecule is CCCN(CCC)C(=O)C1(C(=O)Nc2c(CC)cccc2CC)CC1. The maximum absolute atomic E-state index is 13.0. The maximum atomic E-state index is 13.0. The summed E-state index contributed by atoms with van der Waals surface area (Å²) in [5.74, 6) is -0.106. The Bertz CT molecular complexity index is 592. The highest BCUT2D eigenvalue weighted by atomic mass is 16.2.